The first-order valence-electron chi connectivity index (χ1n) is 13.7. The molecule has 0 unspecified atom stereocenters. The van der Waals surface area contributed by atoms with Crippen molar-refractivity contribution in [3.63, 3.8) is 0 Å². The molecule has 2 aromatic carbocycles. The average Bonchev–Trinajstić information content (AvgIpc) is 2.92. The topological polar surface area (TPSA) is 91.4 Å². The van der Waals surface area contributed by atoms with Gasteiger partial charge < -0.3 is 5.32 Å². The molecule has 0 bridgehead atoms. The van der Waals surface area contributed by atoms with Gasteiger partial charge in [-0.2, -0.15) is 17.9 Å². The van der Waals surface area contributed by atoms with Crippen molar-refractivity contribution in [2.45, 2.75) is 74.6 Å². The highest BCUT2D eigenvalue weighted by molar-refractivity contribution is 7.89. The molecule has 40 heavy (non-hydrogen) atoms. The summed E-state index contributed by atoms with van der Waals surface area (Å²) in [4.78, 5) is 19.0. The molecule has 0 saturated carbocycles. The largest absolute Gasteiger partial charge is 0.405 e. The van der Waals surface area contributed by atoms with E-state index in [-0.39, 0.29) is 10.4 Å². The van der Waals surface area contributed by atoms with Gasteiger partial charge in [-0.05, 0) is 74.0 Å². The van der Waals surface area contributed by atoms with Gasteiger partial charge in [-0.25, -0.2) is 8.42 Å². The zero-order valence-electron chi connectivity index (χ0n) is 22.1. The van der Waals surface area contributed by atoms with E-state index in [9.17, 15) is 26.4 Å². The highest BCUT2D eigenvalue weighted by Gasteiger charge is 2.44. The summed E-state index contributed by atoms with van der Waals surface area (Å²) in [6, 6.07) is 10.6. The molecule has 1 aliphatic heterocycles. The van der Waals surface area contributed by atoms with E-state index in [0.29, 0.717) is 11.8 Å². The van der Waals surface area contributed by atoms with Gasteiger partial charge in [0.2, 0.25) is 15.9 Å². The lowest BCUT2D eigenvalue weighted by atomic mass is 9.86. The van der Waals surface area contributed by atoms with Gasteiger partial charge >= 0.3 is 6.18 Å². The van der Waals surface area contributed by atoms with E-state index >= 15 is 0 Å². The molecule has 1 amide bonds. The summed E-state index contributed by atoms with van der Waals surface area (Å²) < 4.78 is 69.7. The molecule has 2 N–H and O–H groups in total. The Bertz CT molecular complexity index is 1470. The standard InChI is InChI=1S/C29H33F3N4O3S/c30-29(31,32)26(35-40(38,39)25-11-5-7-21-9-6-14-33-28(21)25)18-27(37)34-24-10-4-8-22-17-20(12-13-23(22)24)19-36-15-2-1-3-16-36/h5-7,9,11-14,17,24,26,35H,1-4,8,10,15-16,18-19H2,(H,34,37)/t24-,26-/m1/s1. The van der Waals surface area contributed by atoms with Gasteiger partial charge in [0, 0.05) is 18.1 Å². The number of rotatable bonds is 8. The maximum atomic E-state index is 14.0. The Morgan fingerprint density at radius 1 is 1.05 bits per heavy atom. The van der Waals surface area contributed by atoms with E-state index in [0.717, 1.165) is 43.6 Å². The van der Waals surface area contributed by atoms with Crippen LogP contribution in [-0.4, -0.2) is 49.5 Å². The number of pyridine rings is 1. The van der Waals surface area contributed by atoms with Crippen LogP contribution in [0.15, 0.2) is 59.6 Å². The monoisotopic (exact) mass is 574 g/mol. The van der Waals surface area contributed by atoms with Crippen LogP contribution in [0.1, 0.15) is 61.3 Å². The number of nitrogens with one attached hydrogen (secondary N) is 2. The van der Waals surface area contributed by atoms with E-state index in [1.807, 2.05) is 12.1 Å². The third-order valence-electron chi connectivity index (χ3n) is 7.68. The van der Waals surface area contributed by atoms with Gasteiger partial charge in [0.25, 0.3) is 0 Å². The highest BCUT2D eigenvalue weighted by atomic mass is 32.2. The number of para-hydroxylation sites is 1. The number of hydrogen-bond donors (Lipinski definition) is 2. The second-order valence-electron chi connectivity index (χ2n) is 10.6. The highest BCUT2D eigenvalue weighted by Crippen LogP contribution is 2.32. The average molecular weight is 575 g/mol. The number of likely N-dealkylation sites (tertiary alicyclic amines) is 1. The quantitative estimate of drug-likeness (QED) is 0.395. The first-order valence-corrected chi connectivity index (χ1v) is 15.1. The zero-order valence-corrected chi connectivity index (χ0v) is 22.9. The number of aryl methyl sites for hydroxylation is 1. The smallest absolute Gasteiger partial charge is 0.349 e. The third kappa shape index (κ3) is 6.64. The predicted molar refractivity (Wildman–Crippen MR) is 146 cm³/mol. The Kier molecular flexibility index (Phi) is 8.44. The number of hydrogen-bond acceptors (Lipinski definition) is 5. The van der Waals surface area contributed by atoms with Gasteiger partial charge in [-0.15, -0.1) is 0 Å². The fourth-order valence-corrected chi connectivity index (χ4v) is 7.10. The number of aromatic nitrogens is 1. The van der Waals surface area contributed by atoms with Gasteiger partial charge in [0.05, 0.1) is 18.0 Å². The molecule has 0 radical (unpaired) electrons. The number of piperidine rings is 1. The van der Waals surface area contributed by atoms with Crippen LogP contribution in [0, 0.1) is 0 Å². The van der Waals surface area contributed by atoms with E-state index in [1.54, 1.807) is 22.9 Å². The summed E-state index contributed by atoms with van der Waals surface area (Å²) in [5, 5.41) is 3.21. The van der Waals surface area contributed by atoms with Crippen molar-refractivity contribution in [3.8, 4) is 0 Å². The number of fused-ring (bicyclic) bond motifs is 2. The van der Waals surface area contributed by atoms with Crippen LogP contribution >= 0.6 is 0 Å². The van der Waals surface area contributed by atoms with Gasteiger partial charge in [0.15, 0.2) is 0 Å². The second-order valence-corrected chi connectivity index (χ2v) is 12.3. The second kappa shape index (κ2) is 11.8. The van der Waals surface area contributed by atoms with Crippen LogP contribution in [-0.2, 0) is 27.8 Å². The Morgan fingerprint density at radius 2 is 1.82 bits per heavy atom. The van der Waals surface area contributed by atoms with Crippen molar-refractivity contribution in [2.24, 2.45) is 0 Å². The minimum absolute atomic E-state index is 0.0568. The van der Waals surface area contributed by atoms with Crippen LogP contribution < -0.4 is 10.0 Å². The third-order valence-corrected chi connectivity index (χ3v) is 9.18. The first kappa shape index (κ1) is 28.5. The molecule has 2 heterocycles. The van der Waals surface area contributed by atoms with Gasteiger partial charge in [-0.3, -0.25) is 14.7 Å². The van der Waals surface area contributed by atoms with Gasteiger partial charge in [-0.1, -0.05) is 42.8 Å². The number of benzene rings is 2. The molecular formula is C29H33F3N4O3S. The molecule has 1 aliphatic carbocycles. The number of halogens is 3. The van der Waals surface area contributed by atoms with Crippen LogP contribution in [0.25, 0.3) is 10.9 Å². The summed E-state index contributed by atoms with van der Waals surface area (Å²) >= 11 is 0. The van der Waals surface area contributed by atoms with Crippen LogP contribution in [0.5, 0.6) is 0 Å². The van der Waals surface area contributed by atoms with Crippen molar-refractivity contribution in [1.29, 1.82) is 0 Å². The Labute approximate surface area is 232 Å². The fourth-order valence-electron chi connectivity index (χ4n) is 5.70. The normalized spacial score (nSPS) is 19.2. The number of alkyl halides is 3. The maximum Gasteiger partial charge on any atom is 0.405 e. The summed E-state index contributed by atoms with van der Waals surface area (Å²) in [6.07, 6.45) is 1.24. The maximum absolute atomic E-state index is 14.0. The number of carbonyl (C=O) groups is 1. The minimum atomic E-state index is -4.98. The number of sulfonamides is 1. The Morgan fingerprint density at radius 3 is 2.60 bits per heavy atom. The van der Waals surface area contributed by atoms with E-state index in [4.69, 9.17) is 0 Å². The molecule has 1 fully saturated rings. The van der Waals surface area contributed by atoms with Gasteiger partial charge in [0.1, 0.15) is 10.9 Å². The molecule has 2 atom stereocenters. The van der Waals surface area contributed by atoms with E-state index in [1.165, 1.54) is 43.2 Å². The molecular weight excluding hydrogens is 541 g/mol. The molecule has 3 aromatic rings. The van der Waals surface area contributed by atoms with E-state index < -0.39 is 40.6 Å². The summed E-state index contributed by atoms with van der Waals surface area (Å²) in [7, 11) is -4.63. The molecule has 214 valence electrons. The Balaban J connectivity index is 1.28. The zero-order chi connectivity index (χ0) is 28.3. The Hall–Kier alpha value is -3.02. The fraction of sp³-hybridized carbons (Fsp3) is 0.448. The van der Waals surface area contributed by atoms with E-state index in [2.05, 4.69) is 21.3 Å². The molecule has 1 aromatic heterocycles. The molecule has 2 aliphatic rings. The first-order chi connectivity index (χ1) is 19.1. The predicted octanol–water partition coefficient (Wildman–Crippen LogP) is 5.01. The lowest BCUT2D eigenvalue weighted by molar-refractivity contribution is -0.158. The molecule has 1 saturated heterocycles. The van der Waals surface area contributed by atoms with Crippen molar-refractivity contribution in [1.82, 2.24) is 19.9 Å². The lowest BCUT2D eigenvalue weighted by Gasteiger charge is -2.30. The van der Waals surface area contributed by atoms with Crippen molar-refractivity contribution in [2.75, 3.05) is 13.1 Å². The van der Waals surface area contributed by atoms with Crippen molar-refractivity contribution in [3.05, 3.63) is 71.4 Å². The minimum Gasteiger partial charge on any atom is -0.349 e. The van der Waals surface area contributed by atoms with Crippen LogP contribution in [0.4, 0.5) is 13.2 Å². The number of amides is 1. The summed E-state index contributed by atoms with van der Waals surface area (Å²) in [5.41, 5.74) is 3.26. The molecule has 7 nitrogen and oxygen atoms in total. The number of carbonyl (C=O) groups excluding carboxylic acids is 1. The molecule has 5 rings (SSSR count). The molecule has 0 spiro atoms. The lowest BCUT2D eigenvalue weighted by Crippen LogP contribution is -2.48. The van der Waals surface area contributed by atoms with Crippen LogP contribution in [0.2, 0.25) is 0 Å². The molecule has 11 heteroatoms. The SMILES string of the molecule is O=C(C[C@@H](NS(=O)(=O)c1cccc2cccnc12)C(F)(F)F)N[C@@H]1CCCc2cc(CN3CCCCC3)ccc21. The van der Waals surface area contributed by atoms with Crippen molar-refractivity contribution < 1.29 is 26.4 Å². The number of nitrogens with zero attached hydrogens (tertiary/aromatic N) is 2. The summed E-state index contributed by atoms with van der Waals surface area (Å²) in [5.74, 6) is -0.865. The summed E-state index contributed by atoms with van der Waals surface area (Å²) in [6.45, 7) is 3.03. The van der Waals surface area contributed by atoms with Crippen LogP contribution in [0.3, 0.4) is 0 Å². The van der Waals surface area contributed by atoms with Crippen molar-refractivity contribution >= 4 is 26.8 Å².